The lowest BCUT2D eigenvalue weighted by Crippen LogP contribution is -2.24. The van der Waals surface area contributed by atoms with Crippen molar-refractivity contribution in [1.29, 1.82) is 0 Å². The highest BCUT2D eigenvalue weighted by Crippen LogP contribution is 2.37. The monoisotopic (exact) mass is 342 g/mol. The van der Waals surface area contributed by atoms with Gasteiger partial charge in [0.2, 0.25) is 0 Å². The number of aryl methyl sites for hydroxylation is 2. The van der Waals surface area contributed by atoms with Crippen LogP contribution in [0.4, 0.5) is 0 Å². The first kappa shape index (κ1) is 15.5. The van der Waals surface area contributed by atoms with Crippen molar-refractivity contribution in [3.05, 3.63) is 67.6 Å². The predicted molar refractivity (Wildman–Crippen MR) is 95.7 cm³/mol. The summed E-state index contributed by atoms with van der Waals surface area (Å²) in [6, 6.07) is 7.60. The molecule has 124 valence electrons. The van der Waals surface area contributed by atoms with Gasteiger partial charge in [0, 0.05) is 10.6 Å². The molecule has 0 bridgehead atoms. The Morgan fingerprint density at radius 2 is 1.75 bits per heavy atom. The van der Waals surface area contributed by atoms with Crippen molar-refractivity contribution in [2.75, 3.05) is 13.1 Å². The lowest BCUT2D eigenvalue weighted by atomic mass is 9.89. The number of aromatic amines is 1. The third-order valence-corrected chi connectivity index (χ3v) is 5.15. The van der Waals surface area contributed by atoms with Crippen LogP contribution >= 0.6 is 11.6 Å². The Bertz CT molecular complexity index is 891. The molecule has 2 aromatic rings. The molecular weight excluding hydrogens is 324 g/mol. The van der Waals surface area contributed by atoms with Crippen LogP contribution in [0.15, 0.2) is 34.6 Å². The zero-order valence-electron chi connectivity index (χ0n) is 13.3. The summed E-state index contributed by atoms with van der Waals surface area (Å²) in [5, 5.41) is 13.9. The van der Waals surface area contributed by atoms with E-state index in [9.17, 15) is 9.90 Å². The molecular formula is C19H19ClN2O2. The van der Waals surface area contributed by atoms with E-state index in [2.05, 4.69) is 16.4 Å². The average Bonchev–Trinajstić information content (AvgIpc) is 2.73. The smallest absolute Gasteiger partial charge is 0.290 e. The van der Waals surface area contributed by atoms with Crippen molar-refractivity contribution >= 4 is 17.2 Å². The highest BCUT2D eigenvalue weighted by atomic mass is 35.5. The molecule has 24 heavy (non-hydrogen) atoms. The van der Waals surface area contributed by atoms with Gasteiger partial charge in [0.05, 0.1) is 5.69 Å². The summed E-state index contributed by atoms with van der Waals surface area (Å²) in [5.74, 6) is -0.215. The summed E-state index contributed by atoms with van der Waals surface area (Å²) >= 11 is 6.20. The number of benzene rings is 1. The maximum absolute atomic E-state index is 12.0. The second-order valence-electron chi connectivity index (χ2n) is 6.41. The van der Waals surface area contributed by atoms with E-state index in [1.807, 2.05) is 12.1 Å². The predicted octanol–water partition coefficient (Wildman–Crippen LogP) is 3.02. The van der Waals surface area contributed by atoms with Crippen LogP contribution in [-0.4, -0.2) is 23.2 Å². The lowest BCUT2D eigenvalue weighted by molar-refractivity contribution is 0.465. The third kappa shape index (κ3) is 2.66. The first-order valence-electron chi connectivity index (χ1n) is 8.30. The summed E-state index contributed by atoms with van der Waals surface area (Å²) in [6.07, 6.45) is 3.52. The average molecular weight is 343 g/mol. The van der Waals surface area contributed by atoms with Gasteiger partial charge in [0.25, 0.3) is 5.56 Å². The molecule has 2 heterocycles. The molecule has 1 aromatic carbocycles. The first-order valence-corrected chi connectivity index (χ1v) is 8.68. The molecule has 4 rings (SSSR count). The van der Waals surface area contributed by atoms with E-state index in [0.29, 0.717) is 0 Å². The Kier molecular flexibility index (Phi) is 3.94. The molecule has 1 fully saturated rings. The SMILES string of the molecule is O=c1[nH]c2c(cc1O)CCc1cc(Cl)ccc1C2=C1CCNCC1. The second kappa shape index (κ2) is 6.11. The van der Waals surface area contributed by atoms with Crippen molar-refractivity contribution in [2.24, 2.45) is 0 Å². The topological polar surface area (TPSA) is 65.1 Å². The molecule has 0 unspecified atom stereocenters. The molecule has 4 nitrogen and oxygen atoms in total. The van der Waals surface area contributed by atoms with Gasteiger partial charge in [-0.15, -0.1) is 0 Å². The fourth-order valence-corrected chi connectivity index (χ4v) is 3.94. The Hall–Kier alpha value is -2.04. The van der Waals surface area contributed by atoms with Crippen LogP contribution in [0.2, 0.25) is 5.02 Å². The molecule has 0 saturated carbocycles. The number of halogens is 1. The molecule has 2 aliphatic rings. The highest BCUT2D eigenvalue weighted by Gasteiger charge is 2.24. The van der Waals surface area contributed by atoms with E-state index in [4.69, 9.17) is 11.6 Å². The van der Waals surface area contributed by atoms with Gasteiger partial charge in [-0.05, 0) is 73.7 Å². The second-order valence-corrected chi connectivity index (χ2v) is 6.85. The molecule has 3 N–H and O–H groups in total. The molecule has 0 spiro atoms. The third-order valence-electron chi connectivity index (χ3n) is 4.91. The minimum absolute atomic E-state index is 0.215. The van der Waals surface area contributed by atoms with Crippen LogP contribution in [-0.2, 0) is 12.8 Å². The molecule has 1 aliphatic carbocycles. The minimum Gasteiger partial charge on any atom is -0.503 e. The maximum Gasteiger partial charge on any atom is 0.290 e. The maximum atomic E-state index is 12.0. The van der Waals surface area contributed by atoms with Crippen molar-refractivity contribution in [3.63, 3.8) is 0 Å². The quantitative estimate of drug-likeness (QED) is 0.689. The number of H-pyrrole nitrogens is 1. The van der Waals surface area contributed by atoms with Crippen LogP contribution in [0.1, 0.15) is 35.2 Å². The Labute approximate surface area is 145 Å². The minimum atomic E-state index is -0.432. The van der Waals surface area contributed by atoms with E-state index in [0.717, 1.165) is 66.2 Å². The van der Waals surface area contributed by atoms with Gasteiger partial charge in [-0.2, -0.15) is 0 Å². The summed E-state index contributed by atoms with van der Waals surface area (Å²) in [4.78, 5) is 15.0. The van der Waals surface area contributed by atoms with Gasteiger partial charge in [0.15, 0.2) is 5.75 Å². The standard InChI is InChI=1S/C19H19ClN2O2/c20-14-3-4-15-12(9-14)1-2-13-10-16(23)19(24)22-18(13)17(15)11-5-7-21-8-6-11/h3-4,9-10,21,23H,1-2,5-8H2,(H,22,24). The molecule has 0 radical (unpaired) electrons. The number of hydrogen-bond donors (Lipinski definition) is 3. The fourth-order valence-electron chi connectivity index (χ4n) is 3.74. The van der Waals surface area contributed by atoms with Crippen molar-refractivity contribution in [2.45, 2.75) is 25.7 Å². The summed E-state index contributed by atoms with van der Waals surface area (Å²) in [7, 11) is 0. The van der Waals surface area contributed by atoms with E-state index >= 15 is 0 Å². The van der Waals surface area contributed by atoms with Crippen molar-refractivity contribution in [1.82, 2.24) is 10.3 Å². The largest absolute Gasteiger partial charge is 0.503 e. The normalized spacial score (nSPS) is 17.2. The number of aromatic hydroxyl groups is 1. The zero-order chi connectivity index (χ0) is 16.7. The van der Waals surface area contributed by atoms with E-state index in [1.165, 1.54) is 11.1 Å². The van der Waals surface area contributed by atoms with Gasteiger partial charge in [0.1, 0.15) is 0 Å². The Morgan fingerprint density at radius 1 is 1.00 bits per heavy atom. The van der Waals surface area contributed by atoms with E-state index in [-0.39, 0.29) is 5.75 Å². The number of pyridine rings is 1. The van der Waals surface area contributed by atoms with Crippen LogP contribution in [0.3, 0.4) is 0 Å². The van der Waals surface area contributed by atoms with Crippen LogP contribution < -0.4 is 10.9 Å². The number of aromatic nitrogens is 1. The number of rotatable bonds is 0. The van der Waals surface area contributed by atoms with Gasteiger partial charge < -0.3 is 15.4 Å². The fraction of sp³-hybridized carbons (Fsp3) is 0.316. The van der Waals surface area contributed by atoms with E-state index in [1.54, 1.807) is 6.07 Å². The van der Waals surface area contributed by atoms with Crippen molar-refractivity contribution < 1.29 is 5.11 Å². The van der Waals surface area contributed by atoms with Crippen LogP contribution in [0.5, 0.6) is 5.75 Å². The molecule has 0 atom stereocenters. The summed E-state index contributed by atoms with van der Waals surface area (Å²) < 4.78 is 0. The lowest BCUT2D eigenvalue weighted by Gasteiger charge is -2.22. The molecule has 0 amide bonds. The Balaban J connectivity index is 2.02. The molecule has 5 heteroatoms. The van der Waals surface area contributed by atoms with Crippen molar-refractivity contribution in [3.8, 4) is 5.75 Å². The van der Waals surface area contributed by atoms with Gasteiger partial charge >= 0.3 is 0 Å². The van der Waals surface area contributed by atoms with Crippen LogP contribution in [0, 0.1) is 0 Å². The molecule has 1 saturated heterocycles. The number of hydrogen-bond acceptors (Lipinski definition) is 3. The molecule has 1 aliphatic heterocycles. The van der Waals surface area contributed by atoms with Gasteiger partial charge in [-0.3, -0.25) is 4.79 Å². The van der Waals surface area contributed by atoms with E-state index < -0.39 is 5.56 Å². The summed E-state index contributed by atoms with van der Waals surface area (Å²) in [5.41, 5.74) is 6.22. The van der Waals surface area contributed by atoms with Crippen LogP contribution in [0.25, 0.3) is 5.57 Å². The highest BCUT2D eigenvalue weighted by molar-refractivity contribution is 6.30. The Morgan fingerprint density at radius 3 is 2.54 bits per heavy atom. The van der Waals surface area contributed by atoms with Gasteiger partial charge in [-0.1, -0.05) is 23.2 Å². The molecule has 1 aromatic heterocycles. The number of fused-ring (bicyclic) bond motifs is 2. The zero-order valence-corrected chi connectivity index (χ0v) is 14.0. The first-order chi connectivity index (χ1) is 11.6. The van der Waals surface area contributed by atoms with Gasteiger partial charge in [-0.25, -0.2) is 0 Å². The number of piperidine rings is 1. The number of nitrogens with one attached hydrogen (secondary N) is 2. The summed E-state index contributed by atoms with van der Waals surface area (Å²) in [6.45, 7) is 1.89.